The number of carbonyl (C=O) groups is 2. The van der Waals surface area contributed by atoms with Gasteiger partial charge in [-0.1, -0.05) is 48.5 Å². The van der Waals surface area contributed by atoms with Crippen molar-refractivity contribution in [3.8, 4) is 16.9 Å². The summed E-state index contributed by atoms with van der Waals surface area (Å²) in [6, 6.07) is 21.1. The van der Waals surface area contributed by atoms with Gasteiger partial charge in [0, 0.05) is 11.6 Å². The van der Waals surface area contributed by atoms with E-state index in [9.17, 15) is 9.59 Å². The van der Waals surface area contributed by atoms with Crippen LogP contribution >= 0.6 is 0 Å². The number of carbonyl (C=O) groups excluding carboxylic acids is 2. The maximum atomic E-state index is 12.3. The molecule has 136 valence electrons. The van der Waals surface area contributed by atoms with Crippen LogP contribution in [0.3, 0.4) is 0 Å². The Morgan fingerprint density at radius 3 is 2.37 bits per heavy atom. The summed E-state index contributed by atoms with van der Waals surface area (Å²) in [5, 5.41) is 7.43. The number of anilines is 1. The van der Waals surface area contributed by atoms with E-state index in [-0.39, 0.29) is 24.4 Å². The van der Waals surface area contributed by atoms with E-state index >= 15 is 0 Å². The zero-order valence-electron chi connectivity index (χ0n) is 14.7. The summed E-state index contributed by atoms with van der Waals surface area (Å²) in [5.41, 5.74) is 2.51. The van der Waals surface area contributed by atoms with Crippen molar-refractivity contribution in [1.82, 2.24) is 9.78 Å². The maximum Gasteiger partial charge on any atom is 0.309 e. The first-order valence-electron chi connectivity index (χ1n) is 8.88. The molecule has 0 spiro atoms. The summed E-state index contributed by atoms with van der Waals surface area (Å²) >= 11 is 0. The minimum atomic E-state index is -0.388. The highest BCUT2D eigenvalue weighted by atomic mass is 16.5. The topological polar surface area (TPSA) is 73.2 Å². The van der Waals surface area contributed by atoms with Crippen molar-refractivity contribution in [2.45, 2.75) is 12.8 Å². The molecule has 0 unspecified atom stereocenters. The number of amides is 1. The zero-order chi connectivity index (χ0) is 18.6. The lowest BCUT2D eigenvalue weighted by Gasteiger charge is -2.09. The first-order valence-corrected chi connectivity index (χ1v) is 8.88. The number of rotatable bonds is 6. The number of hydrogen-bond acceptors (Lipinski definition) is 4. The van der Waals surface area contributed by atoms with E-state index in [1.165, 1.54) is 0 Å². The van der Waals surface area contributed by atoms with Gasteiger partial charge in [-0.3, -0.25) is 9.59 Å². The third-order valence-electron chi connectivity index (χ3n) is 4.30. The van der Waals surface area contributed by atoms with E-state index in [2.05, 4.69) is 10.4 Å². The van der Waals surface area contributed by atoms with Crippen molar-refractivity contribution < 1.29 is 14.3 Å². The smallest absolute Gasteiger partial charge is 0.309 e. The van der Waals surface area contributed by atoms with Gasteiger partial charge in [-0.25, -0.2) is 4.68 Å². The molecule has 2 aromatic carbocycles. The van der Waals surface area contributed by atoms with Crippen molar-refractivity contribution in [3.63, 3.8) is 0 Å². The molecule has 0 atom stereocenters. The van der Waals surface area contributed by atoms with Crippen LogP contribution in [0.25, 0.3) is 16.9 Å². The lowest BCUT2D eigenvalue weighted by Crippen LogP contribution is -2.22. The highest BCUT2D eigenvalue weighted by molar-refractivity contribution is 5.93. The van der Waals surface area contributed by atoms with Crippen LogP contribution in [0, 0.1) is 5.92 Å². The molecule has 1 fully saturated rings. The van der Waals surface area contributed by atoms with E-state index in [1.54, 1.807) is 4.68 Å². The fourth-order valence-electron chi connectivity index (χ4n) is 2.74. The largest absolute Gasteiger partial charge is 0.455 e. The summed E-state index contributed by atoms with van der Waals surface area (Å²) in [4.78, 5) is 23.9. The molecule has 1 N–H and O–H groups in total. The molecule has 0 radical (unpaired) electrons. The lowest BCUT2D eigenvalue weighted by molar-refractivity contribution is -0.148. The van der Waals surface area contributed by atoms with Crippen molar-refractivity contribution in [2.75, 3.05) is 11.9 Å². The van der Waals surface area contributed by atoms with Gasteiger partial charge in [0.05, 0.1) is 17.3 Å². The van der Waals surface area contributed by atoms with E-state index in [0.717, 1.165) is 29.8 Å². The number of ether oxygens (including phenoxy) is 1. The number of hydrogen-bond donors (Lipinski definition) is 1. The molecule has 1 aliphatic carbocycles. The molecular weight excluding hydrogens is 342 g/mol. The highest BCUT2D eigenvalue weighted by Crippen LogP contribution is 2.30. The van der Waals surface area contributed by atoms with E-state index in [1.807, 2.05) is 66.7 Å². The van der Waals surface area contributed by atoms with Gasteiger partial charge in [-0.05, 0) is 25.0 Å². The first kappa shape index (κ1) is 17.0. The number of nitrogens with zero attached hydrogens (tertiary/aromatic N) is 2. The molecule has 1 aromatic heterocycles. The Balaban J connectivity index is 1.57. The normalized spacial score (nSPS) is 13.2. The monoisotopic (exact) mass is 361 g/mol. The fourth-order valence-corrected chi connectivity index (χ4v) is 2.74. The predicted molar refractivity (Wildman–Crippen MR) is 101 cm³/mol. The molecule has 1 heterocycles. The number of esters is 1. The number of nitrogens with one attached hydrogen (secondary N) is 1. The van der Waals surface area contributed by atoms with Gasteiger partial charge < -0.3 is 10.1 Å². The van der Waals surface area contributed by atoms with Crippen LogP contribution in [0.15, 0.2) is 66.7 Å². The summed E-state index contributed by atoms with van der Waals surface area (Å²) in [6.45, 7) is -0.296. The summed E-state index contributed by atoms with van der Waals surface area (Å²) in [5.74, 6) is -0.197. The van der Waals surface area contributed by atoms with Gasteiger partial charge in [0.2, 0.25) is 0 Å². The van der Waals surface area contributed by atoms with Gasteiger partial charge >= 0.3 is 5.97 Å². The highest BCUT2D eigenvalue weighted by Gasteiger charge is 2.31. The molecule has 27 heavy (non-hydrogen) atoms. The molecule has 1 saturated carbocycles. The van der Waals surface area contributed by atoms with Crippen LogP contribution in [-0.2, 0) is 14.3 Å². The Hall–Kier alpha value is -3.41. The summed E-state index contributed by atoms with van der Waals surface area (Å²) < 4.78 is 6.73. The molecular formula is C21H19N3O3. The molecule has 6 nitrogen and oxygen atoms in total. The Morgan fingerprint density at radius 2 is 1.70 bits per heavy atom. The van der Waals surface area contributed by atoms with Crippen molar-refractivity contribution >= 4 is 17.7 Å². The molecule has 4 rings (SSSR count). The third-order valence-corrected chi connectivity index (χ3v) is 4.30. The van der Waals surface area contributed by atoms with E-state index in [0.29, 0.717) is 5.82 Å². The molecule has 1 amide bonds. The predicted octanol–water partition coefficient (Wildman–Crippen LogP) is 3.43. The Labute approximate surface area is 156 Å². The quantitative estimate of drug-likeness (QED) is 0.683. The van der Waals surface area contributed by atoms with Gasteiger partial charge in [0.1, 0.15) is 5.82 Å². The van der Waals surface area contributed by atoms with Crippen LogP contribution in [-0.4, -0.2) is 28.3 Å². The second-order valence-electron chi connectivity index (χ2n) is 6.46. The van der Waals surface area contributed by atoms with Crippen LogP contribution in [0.2, 0.25) is 0 Å². The van der Waals surface area contributed by atoms with Gasteiger partial charge in [0.15, 0.2) is 6.61 Å². The lowest BCUT2D eigenvalue weighted by atomic mass is 10.2. The fraction of sp³-hybridized carbons (Fsp3) is 0.190. The van der Waals surface area contributed by atoms with Crippen molar-refractivity contribution in [2.24, 2.45) is 5.92 Å². The van der Waals surface area contributed by atoms with Gasteiger partial charge in [-0.2, -0.15) is 5.10 Å². The minimum absolute atomic E-state index is 0.0303. The van der Waals surface area contributed by atoms with Crippen LogP contribution in [0.1, 0.15) is 12.8 Å². The SMILES string of the molecule is O=C(COC(=O)C1CC1)Nc1cc(-c2ccccc2)nn1-c1ccccc1. The van der Waals surface area contributed by atoms with Crippen LogP contribution in [0.5, 0.6) is 0 Å². The molecule has 0 aliphatic heterocycles. The molecule has 6 heteroatoms. The second-order valence-corrected chi connectivity index (χ2v) is 6.46. The summed E-state index contributed by atoms with van der Waals surface area (Å²) in [7, 11) is 0. The average Bonchev–Trinajstić information content (AvgIpc) is 3.48. The first-order chi connectivity index (χ1) is 13.2. The molecule has 0 bridgehead atoms. The van der Waals surface area contributed by atoms with Gasteiger partial charge in [0.25, 0.3) is 5.91 Å². The average molecular weight is 361 g/mol. The number of benzene rings is 2. The standard InChI is InChI=1S/C21H19N3O3/c25-20(14-27-21(26)16-11-12-16)22-19-13-18(15-7-3-1-4-8-15)23-24(19)17-9-5-2-6-10-17/h1-10,13,16H,11-12,14H2,(H,22,25). The zero-order valence-corrected chi connectivity index (χ0v) is 14.7. The third kappa shape index (κ3) is 4.06. The second kappa shape index (κ2) is 7.45. The van der Waals surface area contributed by atoms with Crippen molar-refractivity contribution in [3.05, 3.63) is 66.7 Å². The van der Waals surface area contributed by atoms with E-state index < -0.39 is 0 Å². The summed E-state index contributed by atoms with van der Waals surface area (Å²) in [6.07, 6.45) is 1.70. The molecule has 0 saturated heterocycles. The Bertz CT molecular complexity index is 947. The van der Waals surface area contributed by atoms with Gasteiger partial charge in [-0.15, -0.1) is 0 Å². The van der Waals surface area contributed by atoms with Crippen molar-refractivity contribution in [1.29, 1.82) is 0 Å². The minimum Gasteiger partial charge on any atom is -0.455 e. The Kier molecular flexibility index (Phi) is 4.70. The number of aromatic nitrogens is 2. The van der Waals surface area contributed by atoms with Crippen LogP contribution < -0.4 is 5.32 Å². The molecule has 1 aliphatic rings. The Morgan fingerprint density at radius 1 is 1.04 bits per heavy atom. The maximum absolute atomic E-state index is 12.3. The van der Waals surface area contributed by atoms with E-state index in [4.69, 9.17) is 4.74 Å². The van der Waals surface area contributed by atoms with Crippen LogP contribution in [0.4, 0.5) is 5.82 Å². The molecule has 3 aromatic rings. The number of para-hydroxylation sites is 1.